The van der Waals surface area contributed by atoms with Crippen molar-refractivity contribution >= 4 is 33.3 Å². The highest BCUT2D eigenvalue weighted by Crippen LogP contribution is 2.30. The second-order valence-electron chi connectivity index (χ2n) is 3.97. The SMILES string of the molecule is O=C(c1ccc(Br)c(Cl)c1F)C1CCOCC1. The maximum absolute atomic E-state index is 13.9. The quantitative estimate of drug-likeness (QED) is 0.611. The van der Waals surface area contributed by atoms with Gasteiger partial charge in [0.2, 0.25) is 0 Å². The summed E-state index contributed by atoms with van der Waals surface area (Å²) >= 11 is 8.89. The van der Waals surface area contributed by atoms with Crippen molar-refractivity contribution in [2.75, 3.05) is 13.2 Å². The molecule has 0 aromatic heterocycles. The van der Waals surface area contributed by atoms with E-state index in [9.17, 15) is 9.18 Å². The van der Waals surface area contributed by atoms with E-state index < -0.39 is 5.82 Å². The van der Waals surface area contributed by atoms with Crippen molar-refractivity contribution < 1.29 is 13.9 Å². The summed E-state index contributed by atoms with van der Waals surface area (Å²) in [5, 5.41) is -0.0390. The average molecular weight is 322 g/mol. The van der Waals surface area contributed by atoms with Crippen LogP contribution in [-0.2, 0) is 4.74 Å². The van der Waals surface area contributed by atoms with Crippen molar-refractivity contribution in [3.8, 4) is 0 Å². The summed E-state index contributed by atoms with van der Waals surface area (Å²) in [4.78, 5) is 12.1. The molecule has 0 saturated carbocycles. The fourth-order valence-electron chi connectivity index (χ4n) is 1.90. The van der Waals surface area contributed by atoms with Crippen LogP contribution in [0.1, 0.15) is 23.2 Å². The van der Waals surface area contributed by atoms with Crippen LogP contribution in [0.4, 0.5) is 4.39 Å². The lowest BCUT2D eigenvalue weighted by Gasteiger charge is -2.21. The Morgan fingerprint density at radius 3 is 2.71 bits per heavy atom. The van der Waals surface area contributed by atoms with E-state index in [1.807, 2.05) is 0 Å². The molecule has 92 valence electrons. The molecule has 17 heavy (non-hydrogen) atoms. The molecule has 5 heteroatoms. The molecule has 0 atom stereocenters. The standard InChI is InChI=1S/C12H11BrClFO2/c13-9-2-1-8(11(15)10(9)14)12(16)7-3-5-17-6-4-7/h1-2,7H,3-6H2. The molecule has 2 rings (SSSR count). The van der Waals surface area contributed by atoms with Gasteiger partial charge in [-0.1, -0.05) is 11.6 Å². The highest BCUT2D eigenvalue weighted by Gasteiger charge is 2.26. The van der Waals surface area contributed by atoms with Crippen LogP contribution in [0.2, 0.25) is 5.02 Å². The van der Waals surface area contributed by atoms with Crippen LogP contribution in [0, 0.1) is 11.7 Å². The summed E-state index contributed by atoms with van der Waals surface area (Å²) in [5.74, 6) is -0.978. The molecule has 0 aliphatic carbocycles. The third kappa shape index (κ3) is 2.69. The van der Waals surface area contributed by atoms with Gasteiger partial charge >= 0.3 is 0 Å². The molecule has 0 radical (unpaired) electrons. The minimum absolute atomic E-state index is 0.0390. The number of carbonyl (C=O) groups is 1. The largest absolute Gasteiger partial charge is 0.381 e. The second-order valence-corrected chi connectivity index (χ2v) is 5.21. The highest BCUT2D eigenvalue weighted by atomic mass is 79.9. The molecule has 1 saturated heterocycles. The lowest BCUT2D eigenvalue weighted by atomic mass is 9.91. The number of ketones is 1. The Kier molecular flexibility index (Phi) is 4.17. The Morgan fingerprint density at radius 2 is 2.06 bits per heavy atom. The molecule has 1 aromatic carbocycles. The van der Waals surface area contributed by atoms with E-state index >= 15 is 0 Å². The number of Topliss-reactive ketones (excluding diaryl/α,β-unsaturated/α-hetero) is 1. The third-order valence-electron chi connectivity index (χ3n) is 2.89. The Balaban J connectivity index is 2.27. The second kappa shape index (κ2) is 5.46. The highest BCUT2D eigenvalue weighted by molar-refractivity contribution is 9.10. The number of rotatable bonds is 2. The van der Waals surface area contributed by atoms with Crippen molar-refractivity contribution in [3.63, 3.8) is 0 Å². The summed E-state index contributed by atoms with van der Waals surface area (Å²) in [6.07, 6.45) is 1.29. The molecule has 2 nitrogen and oxygen atoms in total. The van der Waals surface area contributed by atoms with Crippen molar-refractivity contribution in [1.29, 1.82) is 0 Å². The summed E-state index contributed by atoms with van der Waals surface area (Å²) < 4.78 is 19.5. The zero-order valence-electron chi connectivity index (χ0n) is 9.01. The monoisotopic (exact) mass is 320 g/mol. The lowest BCUT2D eigenvalue weighted by Crippen LogP contribution is -2.24. The maximum Gasteiger partial charge on any atom is 0.169 e. The van der Waals surface area contributed by atoms with Crippen molar-refractivity contribution in [2.45, 2.75) is 12.8 Å². The molecule has 1 aromatic rings. The molecule has 0 unspecified atom stereocenters. The van der Waals surface area contributed by atoms with Crippen LogP contribution in [0.25, 0.3) is 0 Å². The van der Waals surface area contributed by atoms with Gasteiger partial charge in [-0.05, 0) is 40.9 Å². The van der Waals surface area contributed by atoms with Gasteiger partial charge in [0.05, 0.1) is 10.6 Å². The fraction of sp³-hybridized carbons (Fsp3) is 0.417. The number of halogens is 3. The molecular formula is C12H11BrClFO2. The van der Waals surface area contributed by atoms with Crippen LogP contribution >= 0.6 is 27.5 Å². The first-order chi connectivity index (χ1) is 8.11. The van der Waals surface area contributed by atoms with E-state index in [-0.39, 0.29) is 22.3 Å². The first-order valence-electron chi connectivity index (χ1n) is 5.36. The number of hydrogen-bond donors (Lipinski definition) is 0. The molecular weight excluding hydrogens is 310 g/mol. The Bertz CT molecular complexity index is 444. The van der Waals surface area contributed by atoms with Gasteiger partial charge in [0.1, 0.15) is 0 Å². The maximum atomic E-state index is 13.9. The van der Waals surface area contributed by atoms with Crippen molar-refractivity contribution in [2.24, 2.45) is 5.92 Å². The van der Waals surface area contributed by atoms with Gasteiger partial charge in [0.25, 0.3) is 0 Å². The normalized spacial score (nSPS) is 17.1. The Hall–Kier alpha value is -0.450. The van der Waals surface area contributed by atoms with Crippen LogP contribution in [-0.4, -0.2) is 19.0 Å². The van der Waals surface area contributed by atoms with Crippen LogP contribution in [0.3, 0.4) is 0 Å². The van der Waals surface area contributed by atoms with Gasteiger partial charge in [0.15, 0.2) is 11.6 Å². The third-order valence-corrected chi connectivity index (χ3v) is 4.15. The number of carbonyl (C=O) groups excluding carboxylic acids is 1. The number of hydrogen-bond acceptors (Lipinski definition) is 2. The summed E-state index contributed by atoms with van der Waals surface area (Å²) in [5.41, 5.74) is 0.0742. The van der Waals surface area contributed by atoms with E-state index in [1.165, 1.54) is 6.07 Å². The summed E-state index contributed by atoms with van der Waals surface area (Å²) in [6.45, 7) is 1.12. The van der Waals surface area contributed by atoms with Gasteiger partial charge in [-0.2, -0.15) is 0 Å². The first kappa shape index (κ1) is 13.0. The van der Waals surface area contributed by atoms with Crippen LogP contribution < -0.4 is 0 Å². The Labute approximate surface area is 112 Å². The van der Waals surface area contributed by atoms with Gasteiger partial charge in [-0.15, -0.1) is 0 Å². The van der Waals surface area contributed by atoms with Gasteiger partial charge in [0, 0.05) is 23.6 Å². The average Bonchev–Trinajstić information content (AvgIpc) is 2.36. The predicted molar refractivity (Wildman–Crippen MR) is 67.0 cm³/mol. The molecule has 0 spiro atoms. The number of benzene rings is 1. The van der Waals surface area contributed by atoms with E-state index in [2.05, 4.69) is 15.9 Å². The van der Waals surface area contributed by atoms with Gasteiger partial charge < -0.3 is 4.74 Å². The molecule has 1 aliphatic rings. The minimum atomic E-state index is -0.641. The van der Waals surface area contributed by atoms with E-state index in [1.54, 1.807) is 6.07 Å². The molecule has 1 fully saturated rings. The minimum Gasteiger partial charge on any atom is -0.381 e. The smallest absolute Gasteiger partial charge is 0.169 e. The van der Waals surface area contributed by atoms with Crippen LogP contribution in [0.5, 0.6) is 0 Å². The Morgan fingerprint density at radius 1 is 1.41 bits per heavy atom. The van der Waals surface area contributed by atoms with Crippen LogP contribution in [0.15, 0.2) is 16.6 Å². The molecule has 1 aliphatic heterocycles. The lowest BCUT2D eigenvalue weighted by molar-refractivity contribution is 0.0542. The van der Waals surface area contributed by atoms with E-state index in [0.717, 1.165) is 0 Å². The molecule has 0 N–H and O–H groups in total. The molecule has 0 bridgehead atoms. The van der Waals surface area contributed by atoms with Gasteiger partial charge in [-0.25, -0.2) is 4.39 Å². The van der Waals surface area contributed by atoms with E-state index in [4.69, 9.17) is 16.3 Å². The van der Waals surface area contributed by atoms with Crippen molar-refractivity contribution in [1.82, 2.24) is 0 Å². The summed E-state index contributed by atoms with van der Waals surface area (Å²) in [6, 6.07) is 3.07. The van der Waals surface area contributed by atoms with Gasteiger partial charge in [-0.3, -0.25) is 4.79 Å². The molecule has 1 heterocycles. The number of ether oxygens (including phenoxy) is 1. The first-order valence-corrected chi connectivity index (χ1v) is 6.54. The van der Waals surface area contributed by atoms with Crippen molar-refractivity contribution in [3.05, 3.63) is 33.0 Å². The zero-order valence-corrected chi connectivity index (χ0v) is 11.4. The zero-order chi connectivity index (χ0) is 12.4. The summed E-state index contributed by atoms with van der Waals surface area (Å²) in [7, 11) is 0. The van der Waals surface area contributed by atoms with E-state index in [0.29, 0.717) is 30.5 Å². The topological polar surface area (TPSA) is 26.3 Å². The predicted octanol–water partition coefficient (Wildman–Crippen LogP) is 3.85. The fourth-order valence-corrected chi connectivity index (χ4v) is 2.37. The molecule has 0 amide bonds.